The van der Waals surface area contributed by atoms with Crippen LogP contribution in [0.25, 0.3) is 11.3 Å². The molecule has 2 atom stereocenters. The Morgan fingerprint density at radius 3 is 2.77 bits per heavy atom. The monoisotopic (exact) mass is 549 g/mol. The number of carbonyl (C=O) groups is 2. The topological polar surface area (TPSA) is 126 Å². The molecule has 1 fully saturated rings. The van der Waals surface area contributed by atoms with Crippen molar-refractivity contribution in [2.24, 2.45) is 0 Å². The molecular formula is C29H32FN5O5. The van der Waals surface area contributed by atoms with Gasteiger partial charge in [0.2, 0.25) is 11.9 Å². The minimum absolute atomic E-state index is 0.250. The van der Waals surface area contributed by atoms with E-state index in [2.05, 4.69) is 20.6 Å². The summed E-state index contributed by atoms with van der Waals surface area (Å²) in [5.74, 6) is -0.499. The molecule has 3 heterocycles. The highest BCUT2D eigenvalue weighted by atomic mass is 19.1. The molecule has 0 spiro atoms. The van der Waals surface area contributed by atoms with Crippen LogP contribution in [0.3, 0.4) is 0 Å². The average Bonchev–Trinajstić information content (AvgIpc) is 3.31. The number of anilines is 1. The number of amides is 2. The summed E-state index contributed by atoms with van der Waals surface area (Å²) in [5, 5.41) is 16.0. The third kappa shape index (κ3) is 5.90. The summed E-state index contributed by atoms with van der Waals surface area (Å²) in [6.07, 6.45) is 3.46. The predicted molar refractivity (Wildman–Crippen MR) is 145 cm³/mol. The van der Waals surface area contributed by atoms with Crippen LogP contribution in [-0.2, 0) is 16.1 Å². The van der Waals surface area contributed by atoms with E-state index in [1.807, 2.05) is 12.1 Å². The van der Waals surface area contributed by atoms with E-state index in [1.165, 1.54) is 24.1 Å². The van der Waals surface area contributed by atoms with Crippen molar-refractivity contribution in [3.8, 4) is 17.0 Å². The average molecular weight is 550 g/mol. The van der Waals surface area contributed by atoms with Gasteiger partial charge < -0.3 is 30.1 Å². The first-order valence-corrected chi connectivity index (χ1v) is 13.2. The van der Waals surface area contributed by atoms with Crippen LogP contribution < -0.4 is 15.4 Å². The van der Waals surface area contributed by atoms with Crippen LogP contribution >= 0.6 is 0 Å². The van der Waals surface area contributed by atoms with Gasteiger partial charge in [0.15, 0.2) is 0 Å². The SMILES string of the molecule is COc1cc(F)cc([C@@H](CO)NC(=O)C(C)N2Cc3ccc(-c4ccnc(NC5CCOCC5)n4)cc3C2=O)c1. The first-order valence-electron chi connectivity index (χ1n) is 13.2. The first-order chi connectivity index (χ1) is 19.4. The Hall–Kier alpha value is -4.09. The second-order valence-corrected chi connectivity index (χ2v) is 9.95. The zero-order valence-corrected chi connectivity index (χ0v) is 22.4. The Kier molecular flexibility index (Phi) is 8.22. The van der Waals surface area contributed by atoms with Crippen LogP contribution in [0.5, 0.6) is 5.75 Å². The summed E-state index contributed by atoms with van der Waals surface area (Å²) in [5.41, 5.74) is 3.11. The summed E-state index contributed by atoms with van der Waals surface area (Å²) in [4.78, 5) is 37.0. The Labute approximate surface area is 231 Å². The molecule has 0 radical (unpaired) electrons. The van der Waals surface area contributed by atoms with Gasteiger partial charge in [-0.1, -0.05) is 12.1 Å². The van der Waals surface area contributed by atoms with E-state index in [-0.39, 0.29) is 24.2 Å². The number of rotatable bonds is 9. The van der Waals surface area contributed by atoms with Gasteiger partial charge in [0.05, 0.1) is 25.5 Å². The third-order valence-electron chi connectivity index (χ3n) is 7.33. The number of aromatic nitrogens is 2. The molecule has 2 amide bonds. The van der Waals surface area contributed by atoms with Crippen molar-refractivity contribution in [1.82, 2.24) is 20.2 Å². The maximum Gasteiger partial charge on any atom is 0.255 e. The minimum atomic E-state index is -0.868. The highest BCUT2D eigenvalue weighted by Gasteiger charge is 2.35. The van der Waals surface area contributed by atoms with Gasteiger partial charge in [-0.25, -0.2) is 14.4 Å². The third-order valence-corrected chi connectivity index (χ3v) is 7.33. The number of hydrogen-bond donors (Lipinski definition) is 3. The van der Waals surface area contributed by atoms with Crippen LogP contribution in [-0.4, -0.2) is 70.8 Å². The summed E-state index contributed by atoms with van der Waals surface area (Å²) in [6.45, 7) is 2.85. The number of nitrogens with zero attached hydrogens (tertiary/aromatic N) is 3. The van der Waals surface area contributed by atoms with Gasteiger partial charge in [0.25, 0.3) is 5.91 Å². The number of benzene rings is 2. The van der Waals surface area contributed by atoms with Crippen molar-refractivity contribution in [2.45, 2.75) is 44.4 Å². The van der Waals surface area contributed by atoms with Gasteiger partial charge in [-0.3, -0.25) is 9.59 Å². The van der Waals surface area contributed by atoms with E-state index in [9.17, 15) is 19.1 Å². The van der Waals surface area contributed by atoms with Gasteiger partial charge in [-0.2, -0.15) is 0 Å². The number of ether oxygens (including phenoxy) is 2. The number of hydrogen-bond acceptors (Lipinski definition) is 8. The van der Waals surface area contributed by atoms with Crippen molar-refractivity contribution >= 4 is 17.8 Å². The van der Waals surface area contributed by atoms with Crippen LogP contribution in [0.15, 0.2) is 48.7 Å². The lowest BCUT2D eigenvalue weighted by Gasteiger charge is -2.26. The summed E-state index contributed by atoms with van der Waals surface area (Å²) in [7, 11) is 1.41. The predicted octanol–water partition coefficient (Wildman–Crippen LogP) is 3.08. The van der Waals surface area contributed by atoms with Crippen molar-refractivity contribution < 1.29 is 28.6 Å². The summed E-state index contributed by atoms with van der Waals surface area (Å²) < 4.78 is 24.5. The molecule has 3 aromatic rings. The molecule has 2 aromatic carbocycles. The fourth-order valence-corrected chi connectivity index (χ4v) is 4.98. The lowest BCUT2D eigenvalue weighted by Crippen LogP contribution is -2.46. The van der Waals surface area contributed by atoms with Crippen molar-refractivity contribution in [3.05, 3.63) is 71.2 Å². The molecule has 0 aliphatic carbocycles. The van der Waals surface area contributed by atoms with Crippen molar-refractivity contribution in [3.63, 3.8) is 0 Å². The second-order valence-electron chi connectivity index (χ2n) is 9.95. The fourth-order valence-electron chi connectivity index (χ4n) is 4.98. The summed E-state index contributed by atoms with van der Waals surface area (Å²) in [6, 6.07) is 9.89. The van der Waals surface area contributed by atoms with Gasteiger partial charge in [0.1, 0.15) is 17.6 Å². The number of aliphatic hydroxyl groups is 1. The lowest BCUT2D eigenvalue weighted by atomic mass is 10.0. The van der Waals surface area contributed by atoms with Gasteiger partial charge in [-0.15, -0.1) is 0 Å². The van der Waals surface area contributed by atoms with E-state index in [0.717, 1.165) is 24.0 Å². The second kappa shape index (κ2) is 12.0. The van der Waals surface area contributed by atoms with E-state index >= 15 is 0 Å². The molecule has 2 aliphatic heterocycles. The highest BCUT2D eigenvalue weighted by molar-refractivity contribution is 6.02. The number of methoxy groups -OCH3 is 1. The lowest BCUT2D eigenvalue weighted by molar-refractivity contribution is -0.126. The minimum Gasteiger partial charge on any atom is -0.497 e. The molecule has 11 heteroatoms. The normalized spacial score (nSPS) is 16.8. The van der Waals surface area contributed by atoms with Gasteiger partial charge in [-0.05, 0) is 55.2 Å². The quantitative estimate of drug-likeness (QED) is 0.372. The molecule has 10 nitrogen and oxygen atoms in total. The van der Waals surface area contributed by atoms with Gasteiger partial charge in [0, 0.05) is 49.2 Å². The number of nitrogens with one attached hydrogen (secondary N) is 2. The Morgan fingerprint density at radius 2 is 2.02 bits per heavy atom. The number of aliphatic hydroxyl groups excluding tert-OH is 1. The molecule has 0 bridgehead atoms. The number of carbonyl (C=O) groups excluding carboxylic acids is 2. The molecule has 1 aromatic heterocycles. The zero-order valence-electron chi connectivity index (χ0n) is 22.4. The number of halogens is 1. The molecule has 0 saturated carbocycles. The van der Waals surface area contributed by atoms with Crippen LogP contribution in [0, 0.1) is 5.82 Å². The molecular weight excluding hydrogens is 517 g/mol. The maximum absolute atomic E-state index is 14.0. The largest absolute Gasteiger partial charge is 0.497 e. The molecule has 210 valence electrons. The van der Waals surface area contributed by atoms with E-state index in [0.29, 0.717) is 36.0 Å². The Balaban J connectivity index is 1.28. The molecule has 2 aliphatic rings. The smallest absolute Gasteiger partial charge is 0.255 e. The number of fused-ring (bicyclic) bond motifs is 1. The van der Waals surface area contributed by atoms with Crippen LogP contribution in [0.4, 0.5) is 10.3 Å². The van der Waals surface area contributed by atoms with Gasteiger partial charge >= 0.3 is 0 Å². The summed E-state index contributed by atoms with van der Waals surface area (Å²) >= 11 is 0. The van der Waals surface area contributed by atoms with Crippen LogP contribution in [0.1, 0.15) is 47.3 Å². The molecule has 40 heavy (non-hydrogen) atoms. The highest BCUT2D eigenvalue weighted by Crippen LogP contribution is 2.30. The van der Waals surface area contributed by atoms with Crippen molar-refractivity contribution in [2.75, 3.05) is 32.2 Å². The molecule has 1 saturated heterocycles. The van der Waals surface area contributed by atoms with E-state index < -0.39 is 30.4 Å². The van der Waals surface area contributed by atoms with E-state index in [4.69, 9.17) is 9.47 Å². The Bertz CT molecular complexity index is 1400. The first kappa shape index (κ1) is 27.5. The molecule has 5 rings (SSSR count). The standard InChI is InChI=1S/C29H32FN5O5/c1-17(27(37)33-26(16-36)20-11-21(30)14-23(12-20)39-2)35-15-19-4-3-18(13-24(19)28(35)38)25-5-8-31-29(34-25)32-22-6-9-40-10-7-22/h3-5,8,11-14,17,22,26,36H,6-7,9-10,15-16H2,1-2H3,(H,33,37)(H,31,32,34)/t17?,26-/m1/s1. The fraction of sp³-hybridized carbons (Fsp3) is 0.379. The Morgan fingerprint density at radius 1 is 1.23 bits per heavy atom. The van der Waals surface area contributed by atoms with Crippen LogP contribution in [0.2, 0.25) is 0 Å². The molecule has 1 unspecified atom stereocenters. The van der Waals surface area contributed by atoms with Crippen molar-refractivity contribution in [1.29, 1.82) is 0 Å². The maximum atomic E-state index is 14.0. The van der Waals surface area contributed by atoms with E-state index in [1.54, 1.807) is 31.3 Å². The molecule has 3 N–H and O–H groups in total. The zero-order chi connectivity index (χ0) is 28.2.